The SMILES string of the molecule is CC1CN(Cc2ccccc2)CC(CCCO)C1(F)F. The van der Waals surface area contributed by atoms with E-state index >= 15 is 0 Å². The molecule has 0 aliphatic carbocycles. The first-order chi connectivity index (χ1) is 9.54. The summed E-state index contributed by atoms with van der Waals surface area (Å²) in [6, 6.07) is 9.96. The predicted molar refractivity (Wildman–Crippen MR) is 75.6 cm³/mol. The molecule has 1 aliphatic heterocycles. The third kappa shape index (κ3) is 3.55. The van der Waals surface area contributed by atoms with Gasteiger partial charge in [-0.3, -0.25) is 4.90 Å². The lowest BCUT2D eigenvalue weighted by atomic mass is 9.83. The van der Waals surface area contributed by atoms with Crippen LogP contribution >= 0.6 is 0 Å². The fourth-order valence-corrected chi connectivity index (χ4v) is 3.01. The van der Waals surface area contributed by atoms with Crippen molar-refractivity contribution in [3.63, 3.8) is 0 Å². The van der Waals surface area contributed by atoms with Gasteiger partial charge in [-0.1, -0.05) is 37.3 Å². The molecule has 1 saturated heterocycles. The van der Waals surface area contributed by atoms with Crippen molar-refractivity contribution in [2.75, 3.05) is 19.7 Å². The Morgan fingerprint density at radius 2 is 1.95 bits per heavy atom. The second-order valence-electron chi connectivity index (χ2n) is 5.82. The number of nitrogens with zero attached hydrogens (tertiary/aromatic N) is 1. The molecule has 0 aromatic heterocycles. The largest absolute Gasteiger partial charge is 0.396 e. The summed E-state index contributed by atoms with van der Waals surface area (Å²) in [7, 11) is 0. The summed E-state index contributed by atoms with van der Waals surface area (Å²) in [4.78, 5) is 2.11. The summed E-state index contributed by atoms with van der Waals surface area (Å²) in [5.41, 5.74) is 1.16. The van der Waals surface area contributed by atoms with E-state index in [9.17, 15) is 8.78 Å². The lowest BCUT2D eigenvalue weighted by molar-refractivity contribution is -0.149. The second-order valence-corrected chi connectivity index (χ2v) is 5.82. The van der Waals surface area contributed by atoms with Crippen molar-refractivity contribution >= 4 is 0 Å². The van der Waals surface area contributed by atoms with Crippen molar-refractivity contribution < 1.29 is 13.9 Å². The minimum absolute atomic E-state index is 0.0142. The van der Waals surface area contributed by atoms with Gasteiger partial charge in [0.25, 0.3) is 5.92 Å². The molecular weight excluding hydrogens is 260 g/mol. The van der Waals surface area contributed by atoms with Crippen molar-refractivity contribution in [1.82, 2.24) is 4.90 Å². The molecule has 1 aromatic carbocycles. The van der Waals surface area contributed by atoms with E-state index in [4.69, 9.17) is 5.11 Å². The van der Waals surface area contributed by atoms with Crippen LogP contribution in [0.1, 0.15) is 25.3 Å². The Morgan fingerprint density at radius 3 is 2.60 bits per heavy atom. The minimum Gasteiger partial charge on any atom is -0.396 e. The summed E-state index contributed by atoms with van der Waals surface area (Å²) in [5.74, 6) is -3.91. The Morgan fingerprint density at radius 1 is 1.25 bits per heavy atom. The van der Waals surface area contributed by atoms with Gasteiger partial charge in [0.15, 0.2) is 0 Å². The summed E-state index contributed by atoms with van der Waals surface area (Å²) >= 11 is 0. The van der Waals surface area contributed by atoms with Crippen molar-refractivity contribution in [1.29, 1.82) is 0 Å². The molecule has 4 heteroatoms. The molecule has 2 unspecified atom stereocenters. The molecule has 112 valence electrons. The van der Waals surface area contributed by atoms with E-state index in [0.717, 1.165) is 12.1 Å². The number of hydrogen-bond acceptors (Lipinski definition) is 2. The van der Waals surface area contributed by atoms with Gasteiger partial charge in [-0.2, -0.15) is 0 Å². The van der Waals surface area contributed by atoms with Crippen LogP contribution in [-0.4, -0.2) is 35.6 Å². The molecule has 1 N–H and O–H groups in total. The normalized spacial score (nSPS) is 26.6. The van der Waals surface area contributed by atoms with Crippen LogP contribution in [0.3, 0.4) is 0 Å². The van der Waals surface area contributed by atoms with Gasteiger partial charge in [0, 0.05) is 38.1 Å². The summed E-state index contributed by atoms with van der Waals surface area (Å²) < 4.78 is 28.4. The van der Waals surface area contributed by atoms with E-state index in [0.29, 0.717) is 25.9 Å². The van der Waals surface area contributed by atoms with Crippen LogP contribution in [-0.2, 0) is 6.54 Å². The number of aliphatic hydroxyl groups excluding tert-OH is 1. The smallest absolute Gasteiger partial charge is 0.255 e. The molecular formula is C16H23F2NO. The lowest BCUT2D eigenvalue weighted by Gasteiger charge is -2.42. The van der Waals surface area contributed by atoms with Gasteiger partial charge in [0.1, 0.15) is 0 Å². The van der Waals surface area contributed by atoms with Gasteiger partial charge in [0.05, 0.1) is 0 Å². The number of halogens is 2. The first-order valence-corrected chi connectivity index (χ1v) is 7.29. The number of aliphatic hydroxyl groups is 1. The highest BCUT2D eigenvalue weighted by atomic mass is 19.3. The Kier molecular flexibility index (Phi) is 5.11. The van der Waals surface area contributed by atoms with Crippen LogP contribution in [0.4, 0.5) is 8.78 Å². The molecule has 0 radical (unpaired) electrons. The van der Waals surface area contributed by atoms with Crippen LogP contribution in [0.15, 0.2) is 30.3 Å². The van der Waals surface area contributed by atoms with Crippen LogP contribution in [0.2, 0.25) is 0 Å². The monoisotopic (exact) mass is 283 g/mol. The van der Waals surface area contributed by atoms with Gasteiger partial charge >= 0.3 is 0 Å². The van der Waals surface area contributed by atoms with E-state index in [2.05, 4.69) is 4.90 Å². The van der Waals surface area contributed by atoms with Crippen molar-refractivity contribution in [2.45, 2.75) is 32.2 Å². The van der Waals surface area contributed by atoms with Crippen molar-refractivity contribution in [3.8, 4) is 0 Å². The van der Waals surface area contributed by atoms with Gasteiger partial charge in [-0.15, -0.1) is 0 Å². The maximum absolute atomic E-state index is 14.2. The molecule has 1 heterocycles. The third-order valence-electron chi connectivity index (χ3n) is 4.17. The molecule has 0 bridgehead atoms. The Labute approximate surface area is 119 Å². The van der Waals surface area contributed by atoms with Crippen LogP contribution in [0, 0.1) is 11.8 Å². The Bertz CT molecular complexity index is 410. The van der Waals surface area contributed by atoms with Gasteiger partial charge < -0.3 is 5.11 Å². The summed E-state index contributed by atoms with van der Waals surface area (Å²) in [5, 5.41) is 8.88. The van der Waals surface area contributed by atoms with Crippen molar-refractivity contribution in [3.05, 3.63) is 35.9 Å². The van der Waals surface area contributed by atoms with Gasteiger partial charge in [0.2, 0.25) is 0 Å². The zero-order valence-corrected chi connectivity index (χ0v) is 11.9. The van der Waals surface area contributed by atoms with Crippen LogP contribution in [0.25, 0.3) is 0 Å². The molecule has 2 atom stereocenters. The molecule has 2 nitrogen and oxygen atoms in total. The number of rotatable bonds is 5. The third-order valence-corrected chi connectivity index (χ3v) is 4.17. The fraction of sp³-hybridized carbons (Fsp3) is 0.625. The molecule has 0 spiro atoms. The van der Waals surface area contributed by atoms with Crippen LogP contribution < -0.4 is 0 Å². The first kappa shape index (κ1) is 15.4. The maximum atomic E-state index is 14.2. The molecule has 1 aromatic rings. The second kappa shape index (κ2) is 6.64. The summed E-state index contributed by atoms with van der Waals surface area (Å²) in [6.07, 6.45) is 0.839. The van der Waals surface area contributed by atoms with E-state index in [1.54, 1.807) is 6.92 Å². The van der Waals surface area contributed by atoms with E-state index in [1.165, 1.54) is 0 Å². The fourth-order valence-electron chi connectivity index (χ4n) is 3.01. The molecule has 1 fully saturated rings. The minimum atomic E-state index is -2.62. The van der Waals surface area contributed by atoms with Crippen molar-refractivity contribution in [2.24, 2.45) is 11.8 Å². The number of alkyl halides is 2. The quantitative estimate of drug-likeness (QED) is 0.897. The average molecular weight is 283 g/mol. The highest BCUT2D eigenvalue weighted by Gasteiger charge is 2.48. The maximum Gasteiger partial charge on any atom is 0.255 e. The van der Waals surface area contributed by atoms with Gasteiger partial charge in [-0.05, 0) is 18.4 Å². The molecule has 0 amide bonds. The van der Waals surface area contributed by atoms with E-state index < -0.39 is 17.8 Å². The standard InChI is InChI=1S/C16H23F2NO/c1-13-10-19(11-14-6-3-2-4-7-14)12-15(8-5-9-20)16(13,17)18/h2-4,6-7,13,15,20H,5,8-12H2,1H3. The highest BCUT2D eigenvalue weighted by Crippen LogP contribution is 2.40. The molecule has 1 aliphatic rings. The predicted octanol–water partition coefficient (Wildman–Crippen LogP) is 3.16. The molecule has 0 saturated carbocycles. The van der Waals surface area contributed by atoms with Crippen LogP contribution in [0.5, 0.6) is 0 Å². The lowest BCUT2D eigenvalue weighted by Crippen LogP contribution is -2.52. The topological polar surface area (TPSA) is 23.5 Å². The zero-order chi connectivity index (χ0) is 14.6. The van der Waals surface area contributed by atoms with E-state index in [-0.39, 0.29) is 6.61 Å². The number of benzene rings is 1. The Balaban J connectivity index is 2.02. The molecule has 2 rings (SSSR count). The molecule has 20 heavy (non-hydrogen) atoms. The average Bonchev–Trinajstić information content (AvgIpc) is 2.42. The van der Waals surface area contributed by atoms with E-state index in [1.807, 2.05) is 30.3 Å². The number of likely N-dealkylation sites (tertiary alicyclic amines) is 1. The number of piperidine rings is 1. The zero-order valence-electron chi connectivity index (χ0n) is 11.9. The number of hydrogen-bond donors (Lipinski definition) is 1. The van der Waals surface area contributed by atoms with Gasteiger partial charge in [-0.25, -0.2) is 8.78 Å². The highest BCUT2D eigenvalue weighted by molar-refractivity contribution is 5.14. The Hall–Kier alpha value is -1.00. The first-order valence-electron chi connectivity index (χ1n) is 7.29. The summed E-state index contributed by atoms with van der Waals surface area (Å²) in [6.45, 7) is 3.17.